The highest BCUT2D eigenvalue weighted by molar-refractivity contribution is 7.45. The molecular weight excluding hydrogens is 1010 g/mol. The van der Waals surface area contributed by atoms with Gasteiger partial charge in [0.15, 0.2) is 6.10 Å². The van der Waals surface area contributed by atoms with Crippen LogP contribution >= 0.6 is 7.82 Å². The van der Waals surface area contributed by atoms with E-state index >= 15 is 0 Å². The number of nitrogens with zero attached hydrogens (tertiary/aromatic N) is 1. The lowest BCUT2D eigenvalue weighted by atomic mass is 10.0. The van der Waals surface area contributed by atoms with Gasteiger partial charge in [-0.15, -0.1) is 0 Å². The van der Waals surface area contributed by atoms with Gasteiger partial charge in [0.2, 0.25) is 0 Å². The second-order valence-corrected chi connectivity index (χ2v) is 25.2. The normalized spacial score (nSPS) is 13.6. The molecule has 9 nitrogen and oxygen atoms in total. The average Bonchev–Trinajstić information content (AvgIpc) is 3.42. The van der Waals surface area contributed by atoms with Crippen LogP contribution in [0.3, 0.4) is 0 Å². The molecule has 0 fully saturated rings. The largest absolute Gasteiger partial charge is 0.756 e. The smallest absolute Gasteiger partial charge is 0.306 e. The van der Waals surface area contributed by atoms with Crippen molar-refractivity contribution in [2.45, 2.75) is 315 Å². The highest BCUT2D eigenvalue weighted by atomic mass is 31.2. The summed E-state index contributed by atoms with van der Waals surface area (Å²) in [4.78, 5) is 38.0. The topological polar surface area (TPSA) is 111 Å². The number of ether oxygens (including phenoxy) is 2. The molecule has 0 aliphatic heterocycles. The number of quaternary nitrogens is 1. The van der Waals surface area contributed by atoms with E-state index in [-0.39, 0.29) is 32.0 Å². The maximum absolute atomic E-state index is 12.9. The Morgan fingerprint density at radius 3 is 1.06 bits per heavy atom. The molecular formula is C70H128NO8P. The van der Waals surface area contributed by atoms with E-state index < -0.39 is 26.5 Å². The predicted octanol–water partition coefficient (Wildman–Crippen LogP) is 21.0. The van der Waals surface area contributed by atoms with E-state index in [9.17, 15) is 19.0 Å². The van der Waals surface area contributed by atoms with Gasteiger partial charge < -0.3 is 27.9 Å². The molecule has 0 saturated carbocycles. The maximum atomic E-state index is 12.9. The summed E-state index contributed by atoms with van der Waals surface area (Å²) in [5.41, 5.74) is 0. The first-order valence-electron chi connectivity index (χ1n) is 33.6. The lowest BCUT2D eigenvalue weighted by molar-refractivity contribution is -0.870. The van der Waals surface area contributed by atoms with Crippen LogP contribution in [0.25, 0.3) is 0 Å². The van der Waals surface area contributed by atoms with Crippen LogP contribution in [0.1, 0.15) is 309 Å². The molecule has 0 bridgehead atoms. The third-order valence-corrected chi connectivity index (χ3v) is 15.7. The van der Waals surface area contributed by atoms with Gasteiger partial charge in [-0.2, -0.15) is 0 Å². The van der Waals surface area contributed by atoms with Crippen molar-refractivity contribution in [2.24, 2.45) is 0 Å². The number of carbonyl (C=O) groups is 2. The van der Waals surface area contributed by atoms with Crippen LogP contribution in [-0.4, -0.2) is 70.0 Å². The lowest BCUT2D eigenvalue weighted by Crippen LogP contribution is -2.37. The van der Waals surface area contributed by atoms with E-state index in [2.05, 4.69) is 86.8 Å². The molecule has 80 heavy (non-hydrogen) atoms. The molecule has 0 radical (unpaired) electrons. The Labute approximate surface area is 495 Å². The molecule has 0 aliphatic carbocycles. The van der Waals surface area contributed by atoms with Crippen molar-refractivity contribution < 1.29 is 42.1 Å². The number of phosphoric ester groups is 1. The zero-order valence-electron chi connectivity index (χ0n) is 53.0. The molecule has 0 aromatic heterocycles. The molecule has 10 heteroatoms. The zero-order valence-corrected chi connectivity index (χ0v) is 53.9. The summed E-state index contributed by atoms with van der Waals surface area (Å²) in [5.74, 6) is -0.820. The summed E-state index contributed by atoms with van der Waals surface area (Å²) >= 11 is 0. The van der Waals surface area contributed by atoms with Gasteiger partial charge in [-0.3, -0.25) is 14.2 Å². The van der Waals surface area contributed by atoms with Crippen molar-refractivity contribution in [1.29, 1.82) is 0 Å². The van der Waals surface area contributed by atoms with Crippen LogP contribution in [-0.2, 0) is 32.7 Å². The Balaban J connectivity index is 4.05. The summed E-state index contributed by atoms with van der Waals surface area (Å²) in [6, 6.07) is 0. The first-order chi connectivity index (χ1) is 39.0. The second-order valence-electron chi connectivity index (χ2n) is 23.8. The third-order valence-electron chi connectivity index (χ3n) is 14.7. The van der Waals surface area contributed by atoms with Gasteiger partial charge >= 0.3 is 11.9 Å². The fraction of sp³-hybridized carbons (Fsp3) is 0.800. The third kappa shape index (κ3) is 64.6. The number of carbonyl (C=O) groups excluding carboxylic acids is 2. The molecule has 0 rings (SSSR count). The van der Waals surface area contributed by atoms with Gasteiger partial charge in [-0.05, 0) is 64.2 Å². The molecule has 0 amide bonds. The Morgan fingerprint density at radius 2 is 0.713 bits per heavy atom. The SMILES string of the molecule is CC/C=C\C/C=C\C/C=C\C/C=C\C/C=C\C/C=C\CCCCCCCCCCCCCCCCC(=O)OC(COC(=O)CCCCCCCCCCCCCCCCCCCCCCCCC)COP(=O)([O-])OCC[N+](C)(C)C. The minimum Gasteiger partial charge on any atom is -0.756 e. The number of allylic oxidation sites excluding steroid dienone is 12. The van der Waals surface area contributed by atoms with E-state index in [1.807, 2.05) is 21.1 Å². The molecule has 466 valence electrons. The van der Waals surface area contributed by atoms with Gasteiger partial charge in [0.25, 0.3) is 7.82 Å². The van der Waals surface area contributed by atoms with Crippen LogP contribution in [0, 0.1) is 0 Å². The molecule has 0 saturated heterocycles. The van der Waals surface area contributed by atoms with Gasteiger partial charge in [-0.25, -0.2) is 0 Å². The van der Waals surface area contributed by atoms with Gasteiger partial charge in [0, 0.05) is 12.8 Å². The van der Waals surface area contributed by atoms with Crippen molar-refractivity contribution in [3.05, 3.63) is 72.9 Å². The van der Waals surface area contributed by atoms with Crippen LogP contribution in [0.15, 0.2) is 72.9 Å². The molecule has 2 atom stereocenters. The number of hydrogen-bond acceptors (Lipinski definition) is 8. The monoisotopic (exact) mass is 1140 g/mol. The van der Waals surface area contributed by atoms with Gasteiger partial charge in [0.1, 0.15) is 19.8 Å². The van der Waals surface area contributed by atoms with Crippen LogP contribution in [0.5, 0.6) is 0 Å². The molecule has 2 unspecified atom stereocenters. The Kier molecular flexibility index (Phi) is 59.1. The fourth-order valence-electron chi connectivity index (χ4n) is 9.60. The first kappa shape index (κ1) is 77.5. The highest BCUT2D eigenvalue weighted by Crippen LogP contribution is 2.38. The Bertz CT molecular complexity index is 1580. The predicted molar refractivity (Wildman–Crippen MR) is 342 cm³/mol. The standard InChI is InChI=1S/C70H128NO8P/c1-6-8-10-12-14-16-18-20-22-24-26-28-30-31-32-33-34-35-36-37-38-39-41-43-45-47-49-51-53-55-57-59-61-63-70(73)79-68(67-78-80(74,75)77-65-64-71(3,4)5)66-76-69(72)62-60-58-56-54-52-50-48-46-44-42-40-29-27-25-23-21-19-17-15-13-11-9-7-2/h8,10,14,16,20,22,26,28,31-32,34-35,68H,6-7,9,11-13,15,17-19,21,23-25,27,29-30,33,36-67H2,1-5H3/b10-8-,16-14-,22-20-,28-26-,32-31-,35-34-. The summed E-state index contributed by atoms with van der Waals surface area (Å²) in [6.07, 6.45) is 81.1. The molecule has 0 aliphatic rings. The van der Waals surface area contributed by atoms with Crippen LogP contribution in [0.2, 0.25) is 0 Å². The fourth-order valence-corrected chi connectivity index (χ4v) is 10.3. The first-order valence-corrected chi connectivity index (χ1v) is 35.1. The van der Waals surface area contributed by atoms with Crippen molar-refractivity contribution in [3.63, 3.8) is 0 Å². The molecule has 0 heterocycles. The van der Waals surface area contributed by atoms with E-state index in [1.165, 1.54) is 199 Å². The summed E-state index contributed by atoms with van der Waals surface area (Å²) in [5, 5.41) is 0. The van der Waals surface area contributed by atoms with E-state index in [4.69, 9.17) is 18.5 Å². The maximum Gasteiger partial charge on any atom is 0.306 e. The number of phosphoric acid groups is 1. The summed E-state index contributed by atoms with van der Waals surface area (Å²) in [7, 11) is 1.17. The van der Waals surface area contributed by atoms with Crippen LogP contribution in [0.4, 0.5) is 0 Å². The minimum atomic E-state index is -4.64. The Morgan fingerprint density at radius 1 is 0.400 bits per heavy atom. The number of rotatable bonds is 62. The summed E-state index contributed by atoms with van der Waals surface area (Å²) < 4.78 is 34.3. The Hall–Kier alpha value is -2.55. The van der Waals surface area contributed by atoms with Gasteiger partial charge in [0.05, 0.1) is 27.7 Å². The minimum absolute atomic E-state index is 0.0307. The van der Waals surface area contributed by atoms with Gasteiger partial charge in [-0.1, -0.05) is 305 Å². The van der Waals surface area contributed by atoms with E-state index in [1.54, 1.807) is 0 Å². The number of hydrogen-bond donors (Lipinski definition) is 0. The number of likely N-dealkylation sites (N-methyl/N-ethyl adjacent to an activating group) is 1. The second kappa shape index (κ2) is 61.0. The molecule has 0 aromatic rings. The molecule has 0 N–H and O–H groups in total. The summed E-state index contributed by atoms with van der Waals surface area (Å²) in [6.45, 7) is 4.17. The average molecular weight is 1140 g/mol. The van der Waals surface area contributed by atoms with E-state index in [0.29, 0.717) is 17.4 Å². The van der Waals surface area contributed by atoms with Crippen molar-refractivity contribution in [2.75, 3.05) is 47.5 Å². The van der Waals surface area contributed by atoms with Crippen molar-refractivity contribution in [1.82, 2.24) is 0 Å². The van der Waals surface area contributed by atoms with Crippen molar-refractivity contribution >= 4 is 19.8 Å². The molecule has 0 spiro atoms. The quantitative estimate of drug-likeness (QED) is 0.0195. The lowest BCUT2D eigenvalue weighted by Gasteiger charge is -2.28. The highest BCUT2D eigenvalue weighted by Gasteiger charge is 2.22. The number of unbranched alkanes of at least 4 members (excludes halogenated alkanes) is 36. The molecule has 0 aromatic carbocycles. The number of esters is 2. The van der Waals surface area contributed by atoms with Crippen LogP contribution < -0.4 is 4.89 Å². The van der Waals surface area contributed by atoms with Crippen molar-refractivity contribution in [3.8, 4) is 0 Å². The van der Waals surface area contributed by atoms with E-state index in [0.717, 1.165) is 77.0 Å². The zero-order chi connectivity index (χ0) is 58.4.